The van der Waals surface area contributed by atoms with Crippen LogP contribution >= 0.6 is 0 Å². The lowest BCUT2D eigenvalue weighted by atomic mass is 10.0. The second-order valence-electron chi connectivity index (χ2n) is 10.6. The Kier molecular flexibility index (Phi) is 27.2. The van der Waals surface area contributed by atoms with Gasteiger partial charge in [0, 0.05) is 12.8 Å². The van der Waals surface area contributed by atoms with Gasteiger partial charge < -0.3 is 9.84 Å². The molecule has 0 bridgehead atoms. The molecule has 4 nitrogen and oxygen atoms in total. The molecule has 1 N–H and O–H groups in total. The smallest absolute Gasteiger partial charge is 0.306 e. The van der Waals surface area contributed by atoms with Crippen LogP contribution in [0.4, 0.5) is 0 Å². The van der Waals surface area contributed by atoms with E-state index in [1.54, 1.807) is 0 Å². The summed E-state index contributed by atoms with van der Waals surface area (Å²) in [4.78, 5) is 22.9. The molecule has 212 valence electrons. The average molecular weight is 509 g/mol. The summed E-state index contributed by atoms with van der Waals surface area (Å²) in [7, 11) is 0. The summed E-state index contributed by atoms with van der Waals surface area (Å²) in [5.41, 5.74) is 0. The fourth-order valence-corrected chi connectivity index (χ4v) is 4.63. The second kappa shape index (κ2) is 28.3. The molecule has 0 aliphatic carbocycles. The maximum absolute atomic E-state index is 12.3. The number of carboxylic acid groups (broad SMARTS) is 1. The molecule has 0 rings (SSSR count). The number of allylic oxidation sites excluding steroid dienone is 1. The van der Waals surface area contributed by atoms with Crippen molar-refractivity contribution >= 4 is 11.9 Å². The number of unbranched alkanes of at least 4 members (excludes halogenated alkanes) is 19. The SMILES string of the molecule is CCC/C=C\C(CCCCCCC(=O)O)OC(=O)CCCCCCCCCCCCCCCCCC. The molecule has 0 aromatic heterocycles. The number of ether oxygens (including phenoxy) is 1. The number of hydrogen-bond acceptors (Lipinski definition) is 3. The molecule has 0 saturated heterocycles. The fourth-order valence-electron chi connectivity index (χ4n) is 4.63. The number of aliphatic carboxylic acids is 1. The Labute approximate surface area is 224 Å². The molecule has 1 atom stereocenters. The highest BCUT2D eigenvalue weighted by molar-refractivity contribution is 5.69. The highest BCUT2D eigenvalue weighted by Crippen LogP contribution is 2.16. The minimum absolute atomic E-state index is 0.0719. The van der Waals surface area contributed by atoms with Crippen LogP contribution in [0, 0.1) is 0 Å². The van der Waals surface area contributed by atoms with Gasteiger partial charge in [-0.25, -0.2) is 0 Å². The van der Waals surface area contributed by atoms with Crippen molar-refractivity contribution in [3.05, 3.63) is 12.2 Å². The van der Waals surface area contributed by atoms with E-state index < -0.39 is 5.97 Å². The van der Waals surface area contributed by atoms with E-state index >= 15 is 0 Å². The summed E-state index contributed by atoms with van der Waals surface area (Å²) in [6.45, 7) is 4.42. The Morgan fingerprint density at radius 1 is 0.611 bits per heavy atom. The molecule has 0 spiro atoms. The van der Waals surface area contributed by atoms with Crippen LogP contribution in [0.3, 0.4) is 0 Å². The molecular weight excluding hydrogens is 448 g/mol. The van der Waals surface area contributed by atoms with Crippen molar-refractivity contribution in [2.75, 3.05) is 0 Å². The van der Waals surface area contributed by atoms with Crippen molar-refractivity contribution in [2.24, 2.45) is 0 Å². The van der Waals surface area contributed by atoms with Crippen LogP contribution in [-0.4, -0.2) is 23.1 Å². The van der Waals surface area contributed by atoms with Crippen LogP contribution in [0.2, 0.25) is 0 Å². The normalized spacial score (nSPS) is 12.3. The topological polar surface area (TPSA) is 63.6 Å². The lowest BCUT2D eigenvalue weighted by Gasteiger charge is -2.14. The highest BCUT2D eigenvalue weighted by atomic mass is 16.5. The van der Waals surface area contributed by atoms with E-state index in [1.807, 2.05) is 6.08 Å². The van der Waals surface area contributed by atoms with Gasteiger partial charge in [-0.05, 0) is 38.2 Å². The van der Waals surface area contributed by atoms with Gasteiger partial charge in [-0.1, -0.05) is 135 Å². The van der Waals surface area contributed by atoms with Crippen molar-refractivity contribution in [2.45, 2.75) is 180 Å². The van der Waals surface area contributed by atoms with Gasteiger partial charge in [0.05, 0.1) is 0 Å². The number of hydrogen-bond donors (Lipinski definition) is 1. The fraction of sp³-hybridized carbons (Fsp3) is 0.875. The van der Waals surface area contributed by atoms with E-state index in [0.717, 1.165) is 57.8 Å². The van der Waals surface area contributed by atoms with Crippen molar-refractivity contribution in [3.63, 3.8) is 0 Å². The maximum atomic E-state index is 12.3. The first-order chi connectivity index (χ1) is 17.6. The van der Waals surface area contributed by atoms with Crippen molar-refractivity contribution < 1.29 is 19.4 Å². The maximum Gasteiger partial charge on any atom is 0.306 e. The molecule has 0 aromatic carbocycles. The standard InChI is InChI=1S/C32H60O4/c1-3-5-7-8-9-10-11-12-13-14-15-16-17-18-19-25-29-32(35)36-30(26-22-6-4-2)27-23-20-21-24-28-31(33)34/h22,26,30H,3-21,23-25,27-29H2,1-2H3,(H,33,34)/b26-22-. The van der Waals surface area contributed by atoms with E-state index in [9.17, 15) is 9.59 Å². The Morgan fingerprint density at radius 3 is 1.53 bits per heavy atom. The molecule has 1 unspecified atom stereocenters. The zero-order valence-electron chi connectivity index (χ0n) is 24.1. The minimum Gasteiger partial charge on any atom is -0.481 e. The predicted molar refractivity (Wildman–Crippen MR) is 153 cm³/mol. The van der Waals surface area contributed by atoms with E-state index in [4.69, 9.17) is 9.84 Å². The molecule has 0 aliphatic rings. The molecular formula is C32H60O4. The monoisotopic (exact) mass is 508 g/mol. The largest absolute Gasteiger partial charge is 0.481 e. The van der Waals surface area contributed by atoms with Gasteiger partial charge in [0.15, 0.2) is 0 Å². The van der Waals surface area contributed by atoms with Crippen LogP contribution in [0.5, 0.6) is 0 Å². The lowest BCUT2D eigenvalue weighted by molar-refractivity contribution is -0.147. The van der Waals surface area contributed by atoms with Crippen LogP contribution in [0.1, 0.15) is 174 Å². The van der Waals surface area contributed by atoms with Crippen LogP contribution in [0.25, 0.3) is 0 Å². The van der Waals surface area contributed by atoms with Crippen LogP contribution < -0.4 is 0 Å². The average Bonchev–Trinajstić information content (AvgIpc) is 2.85. The quantitative estimate of drug-likeness (QED) is 0.0648. The van der Waals surface area contributed by atoms with E-state index in [-0.39, 0.29) is 18.5 Å². The summed E-state index contributed by atoms with van der Waals surface area (Å²) >= 11 is 0. The molecule has 0 aliphatic heterocycles. The Morgan fingerprint density at radius 2 is 1.06 bits per heavy atom. The third-order valence-electron chi connectivity index (χ3n) is 6.95. The molecule has 0 fully saturated rings. The summed E-state index contributed by atoms with van der Waals surface area (Å²) in [5.74, 6) is -0.796. The van der Waals surface area contributed by atoms with Gasteiger partial charge in [0.1, 0.15) is 6.10 Å². The summed E-state index contributed by atoms with van der Waals surface area (Å²) < 4.78 is 5.75. The first kappa shape index (κ1) is 34.7. The number of carbonyl (C=O) groups is 2. The molecule has 0 heterocycles. The van der Waals surface area contributed by atoms with Crippen molar-refractivity contribution in [3.8, 4) is 0 Å². The number of esters is 1. The third-order valence-corrected chi connectivity index (χ3v) is 6.95. The molecule has 0 radical (unpaired) electrons. The predicted octanol–water partition coefficient (Wildman–Crippen LogP) is 10.3. The Balaban J connectivity index is 3.68. The van der Waals surface area contributed by atoms with Gasteiger partial charge in [-0.15, -0.1) is 0 Å². The lowest BCUT2D eigenvalue weighted by Crippen LogP contribution is -2.16. The van der Waals surface area contributed by atoms with Gasteiger partial charge in [0.2, 0.25) is 0 Å². The van der Waals surface area contributed by atoms with E-state index in [1.165, 1.54) is 89.9 Å². The van der Waals surface area contributed by atoms with E-state index in [2.05, 4.69) is 19.9 Å². The number of carboxylic acids is 1. The third kappa shape index (κ3) is 27.3. The minimum atomic E-state index is -0.724. The zero-order chi connectivity index (χ0) is 26.5. The van der Waals surface area contributed by atoms with Crippen molar-refractivity contribution in [1.29, 1.82) is 0 Å². The summed E-state index contributed by atoms with van der Waals surface area (Å²) in [6, 6.07) is 0. The second-order valence-corrected chi connectivity index (χ2v) is 10.6. The zero-order valence-corrected chi connectivity index (χ0v) is 24.1. The first-order valence-electron chi connectivity index (χ1n) is 15.7. The van der Waals surface area contributed by atoms with Gasteiger partial charge >= 0.3 is 11.9 Å². The Bertz CT molecular complexity index is 514. The summed E-state index contributed by atoms with van der Waals surface area (Å²) in [6.07, 6.45) is 32.7. The van der Waals surface area contributed by atoms with Crippen LogP contribution in [-0.2, 0) is 14.3 Å². The first-order valence-corrected chi connectivity index (χ1v) is 15.7. The van der Waals surface area contributed by atoms with E-state index in [0.29, 0.717) is 6.42 Å². The molecule has 0 amide bonds. The Hall–Kier alpha value is -1.32. The van der Waals surface area contributed by atoms with Crippen LogP contribution in [0.15, 0.2) is 12.2 Å². The van der Waals surface area contributed by atoms with Gasteiger partial charge in [-0.2, -0.15) is 0 Å². The molecule has 0 saturated carbocycles. The van der Waals surface area contributed by atoms with Gasteiger partial charge in [0.25, 0.3) is 0 Å². The number of carbonyl (C=O) groups excluding carboxylic acids is 1. The summed E-state index contributed by atoms with van der Waals surface area (Å²) in [5, 5.41) is 8.72. The molecule has 4 heteroatoms. The molecule has 36 heavy (non-hydrogen) atoms. The highest BCUT2D eigenvalue weighted by Gasteiger charge is 2.11. The van der Waals surface area contributed by atoms with Gasteiger partial charge in [-0.3, -0.25) is 9.59 Å². The van der Waals surface area contributed by atoms with Crippen molar-refractivity contribution in [1.82, 2.24) is 0 Å². The molecule has 0 aromatic rings. The number of rotatable bonds is 28.